The Kier molecular flexibility index (Phi) is 6.91. The second-order valence-electron chi connectivity index (χ2n) is 8.23. The number of aromatic nitrogens is 3. The minimum atomic E-state index is -0.0960. The van der Waals surface area contributed by atoms with Gasteiger partial charge in [-0.25, -0.2) is 9.97 Å². The maximum absolute atomic E-state index is 13.5. The predicted molar refractivity (Wildman–Crippen MR) is 133 cm³/mol. The number of carbonyl (C=O) groups is 1. The predicted octanol–water partition coefficient (Wildman–Crippen LogP) is 4.62. The highest BCUT2D eigenvalue weighted by atomic mass is 32.2. The van der Waals surface area contributed by atoms with Crippen LogP contribution in [0.25, 0.3) is 20.4 Å². The van der Waals surface area contributed by atoms with E-state index in [2.05, 4.69) is 24.1 Å². The molecule has 32 heavy (non-hydrogen) atoms. The fraction of sp³-hybridized carbons (Fsp3) is 0.333. The summed E-state index contributed by atoms with van der Waals surface area (Å²) in [4.78, 5) is 35.9. The molecule has 1 amide bonds. The van der Waals surface area contributed by atoms with Crippen molar-refractivity contribution in [3.05, 3.63) is 64.1 Å². The molecule has 1 aromatic carbocycles. The van der Waals surface area contributed by atoms with Crippen molar-refractivity contribution in [3.8, 4) is 0 Å². The minimum absolute atomic E-state index is 0.0521. The largest absolute Gasteiger partial charge is 0.355 e. The first kappa shape index (κ1) is 22.5. The minimum Gasteiger partial charge on any atom is -0.355 e. The first-order valence-corrected chi connectivity index (χ1v) is 12.5. The lowest BCUT2D eigenvalue weighted by Gasteiger charge is -2.13. The van der Waals surface area contributed by atoms with Crippen LogP contribution in [0.5, 0.6) is 0 Å². The zero-order valence-electron chi connectivity index (χ0n) is 18.4. The van der Waals surface area contributed by atoms with Gasteiger partial charge in [0.25, 0.3) is 5.56 Å². The zero-order chi connectivity index (χ0) is 22.7. The van der Waals surface area contributed by atoms with Gasteiger partial charge in [0.2, 0.25) is 5.91 Å². The van der Waals surface area contributed by atoms with Crippen molar-refractivity contribution in [1.82, 2.24) is 19.9 Å². The van der Waals surface area contributed by atoms with E-state index in [0.717, 1.165) is 27.8 Å². The molecular formula is C24H26N4O2S2. The summed E-state index contributed by atoms with van der Waals surface area (Å²) in [6.07, 6.45) is 2.66. The van der Waals surface area contributed by atoms with Crippen LogP contribution in [-0.4, -0.2) is 32.7 Å². The van der Waals surface area contributed by atoms with Crippen LogP contribution in [-0.2, 0) is 11.3 Å². The molecule has 3 aromatic heterocycles. The van der Waals surface area contributed by atoms with Crippen molar-refractivity contribution < 1.29 is 4.79 Å². The van der Waals surface area contributed by atoms with Gasteiger partial charge in [0.1, 0.15) is 9.53 Å². The molecule has 0 radical (unpaired) electrons. The van der Waals surface area contributed by atoms with Gasteiger partial charge in [-0.3, -0.25) is 14.2 Å². The Morgan fingerprint density at radius 1 is 1.22 bits per heavy atom. The molecule has 4 rings (SSSR count). The third-order valence-electron chi connectivity index (χ3n) is 5.16. The summed E-state index contributed by atoms with van der Waals surface area (Å²) < 4.78 is 2.27. The van der Waals surface area contributed by atoms with Crippen LogP contribution in [0, 0.1) is 12.8 Å². The number of thiophene rings is 1. The number of hydrogen-bond donors (Lipinski definition) is 1. The highest BCUT2D eigenvalue weighted by molar-refractivity contribution is 7.99. The maximum atomic E-state index is 13.5. The first-order chi connectivity index (χ1) is 15.4. The molecule has 0 bridgehead atoms. The molecule has 1 N–H and O–H groups in total. The number of aryl methyl sites for hydroxylation is 1. The molecule has 0 spiro atoms. The molecule has 0 aliphatic carbocycles. The number of hydrogen-bond acceptors (Lipinski definition) is 6. The molecule has 0 aliphatic heterocycles. The molecule has 0 aliphatic rings. The number of amides is 1. The summed E-state index contributed by atoms with van der Waals surface area (Å²) in [7, 11) is 0. The van der Waals surface area contributed by atoms with Crippen molar-refractivity contribution >= 4 is 49.4 Å². The highest BCUT2D eigenvalue weighted by Crippen LogP contribution is 2.30. The summed E-state index contributed by atoms with van der Waals surface area (Å²) in [6.45, 7) is 7.35. The fourth-order valence-electron chi connectivity index (χ4n) is 3.35. The number of rotatable bonds is 8. The SMILES string of the molecule is Cc1ccc(Cn2c(SCC(=O)NCCC(C)C)nc3c(sc4ncccc43)c2=O)cc1. The molecule has 0 unspecified atom stereocenters. The summed E-state index contributed by atoms with van der Waals surface area (Å²) in [5.41, 5.74) is 2.74. The van der Waals surface area contributed by atoms with E-state index in [1.165, 1.54) is 23.1 Å². The first-order valence-electron chi connectivity index (χ1n) is 10.7. The second-order valence-corrected chi connectivity index (χ2v) is 10.2. The third-order valence-corrected chi connectivity index (χ3v) is 7.22. The molecule has 3 heterocycles. The molecular weight excluding hydrogens is 440 g/mol. The van der Waals surface area contributed by atoms with Crippen LogP contribution in [0.3, 0.4) is 0 Å². The van der Waals surface area contributed by atoms with E-state index in [1.807, 2.05) is 43.3 Å². The fourth-order valence-corrected chi connectivity index (χ4v) is 5.20. The Labute approximate surface area is 195 Å². The number of pyridine rings is 1. The van der Waals surface area contributed by atoms with E-state index in [4.69, 9.17) is 4.98 Å². The van der Waals surface area contributed by atoms with Gasteiger partial charge in [-0.15, -0.1) is 11.3 Å². The smallest absolute Gasteiger partial charge is 0.272 e. The Balaban J connectivity index is 1.69. The van der Waals surface area contributed by atoms with Crippen LogP contribution < -0.4 is 10.9 Å². The molecule has 6 nitrogen and oxygen atoms in total. The van der Waals surface area contributed by atoms with E-state index in [9.17, 15) is 9.59 Å². The van der Waals surface area contributed by atoms with Crippen LogP contribution in [0.2, 0.25) is 0 Å². The quantitative estimate of drug-likeness (QED) is 0.303. The molecule has 0 atom stereocenters. The number of thioether (sulfide) groups is 1. The molecule has 8 heteroatoms. The molecule has 4 aromatic rings. The van der Waals surface area contributed by atoms with Gasteiger partial charge >= 0.3 is 0 Å². The lowest BCUT2D eigenvalue weighted by molar-refractivity contribution is -0.118. The average molecular weight is 467 g/mol. The number of nitrogens with zero attached hydrogens (tertiary/aromatic N) is 3. The van der Waals surface area contributed by atoms with E-state index in [1.54, 1.807) is 10.8 Å². The monoisotopic (exact) mass is 466 g/mol. The van der Waals surface area contributed by atoms with Gasteiger partial charge in [0.15, 0.2) is 5.16 Å². The van der Waals surface area contributed by atoms with Gasteiger partial charge in [-0.05, 0) is 37.0 Å². The molecule has 0 saturated carbocycles. The number of carbonyl (C=O) groups excluding carboxylic acids is 1. The summed E-state index contributed by atoms with van der Waals surface area (Å²) in [6, 6.07) is 11.9. The van der Waals surface area contributed by atoms with E-state index in [-0.39, 0.29) is 17.2 Å². The Bertz CT molecular complexity index is 1310. The summed E-state index contributed by atoms with van der Waals surface area (Å²) >= 11 is 2.67. The lowest BCUT2D eigenvalue weighted by atomic mass is 10.1. The second kappa shape index (κ2) is 9.83. The van der Waals surface area contributed by atoms with Crippen LogP contribution >= 0.6 is 23.1 Å². The van der Waals surface area contributed by atoms with Gasteiger partial charge in [-0.1, -0.05) is 55.4 Å². The number of benzene rings is 1. The van der Waals surface area contributed by atoms with E-state index in [0.29, 0.717) is 34.4 Å². The Morgan fingerprint density at radius 2 is 2.00 bits per heavy atom. The van der Waals surface area contributed by atoms with Crippen molar-refractivity contribution in [1.29, 1.82) is 0 Å². The molecule has 0 fully saturated rings. The standard InChI is InChI=1S/C24H26N4O2S2/c1-15(2)10-12-25-19(29)14-31-24-27-20-18-5-4-11-26-22(18)32-21(20)23(30)28(24)13-17-8-6-16(3)7-9-17/h4-9,11,15H,10,12-14H2,1-3H3,(H,25,29). The van der Waals surface area contributed by atoms with Gasteiger partial charge in [0.05, 0.1) is 17.8 Å². The van der Waals surface area contributed by atoms with E-state index >= 15 is 0 Å². The summed E-state index contributed by atoms with van der Waals surface area (Å²) in [5, 5.41) is 4.37. The zero-order valence-corrected chi connectivity index (χ0v) is 20.1. The molecule has 166 valence electrons. The number of fused-ring (bicyclic) bond motifs is 3. The topological polar surface area (TPSA) is 76.9 Å². The van der Waals surface area contributed by atoms with Crippen LogP contribution in [0.15, 0.2) is 52.5 Å². The van der Waals surface area contributed by atoms with E-state index < -0.39 is 0 Å². The van der Waals surface area contributed by atoms with Gasteiger partial charge in [0, 0.05) is 18.1 Å². The van der Waals surface area contributed by atoms with Crippen LogP contribution in [0.1, 0.15) is 31.4 Å². The van der Waals surface area contributed by atoms with Crippen molar-refractivity contribution in [2.24, 2.45) is 5.92 Å². The van der Waals surface area contributed by atoms with Crippen molar-refractivity contribution in [2.75, 3.05) is 12.3 Å². The van der Waals surface area contributed by atoms with Crippen molar-refractivity contribution in [2.45, 2.75) is 38.9 Å². The maximum Gasteiger partial charge on any atom is 0.272 e. The third kappa shape index (κ3) is 5.02. The average Bonchev–Trinajstić information content (AvgIpc) is 3.14. The van der Waals surface area contributed by atoms with Crippen molar-refractivity contribution in [3.63, 3.8) is 0 Å². The van der Waals surface area contributed by atoms with Crippen LogP contribution in [0.4, 0.5) is 0 Å². The molecule has 0 saturated heterocycles. The lowest BCUT2D eigenvalue weighted by Crippen LogP contribution is -2.28. The Morgan fingerprint density at radius 3 is 2.75 bits per heavy atom. The highest BCUT2D eigenvalue weighted by Gasteiger charge is 2.18. The summed E-state index contributed by atoms with van der Waals surface area (Å²) in [5.74, 6) is 0.695. The van der Waals surface area contributed by atoms with Gasteiger partial charge in [-0.2, -0.15) is 0 Å². The van der Waals surface area contributed by atoms with Gasteiger partial charge < -0.3 is 5.32 Å². The normalized spacial score (nSPS) is 11.5. The Hall–Kier alpha value is -2.71. The number of nitrogens with one attached hydrogen (secondary N) is 1.